The average molecular weight is 363 g/mol. The summed E-state index contributed by atoms with van der Waals surface area (Å²) in [7, 11) is 4.69. The van der Waals surface area contributed by atoms with Gasteiger partial charge in [-0.3, -0.25) is 14.2 Å². The lowest BCUT2D eigenvalue weighted by molar-refractivity contribution is -0.125. The normalized spacial score (nSPS) is 11.2. The van der Waals surface area contributed by atoms with Crippen molar-refractivity contribution in [2.45, 2.75) is 6.54 Å². The number of aryl methyl sites for hydroxylation is 1. The molecule has 6 nitrogen and oxygen atoms in total. The lowest BCUT2D eigenvalue weighted by atomic mass is 10.0. The largest absolute Gasteiger partial charge is 0.338 e. The molecule has 3 rings (SSSR count). The van der Waals surface area contributed by atoms with Crippen molar-refractivity contribution in [3.8, 4) is 0 Å². The maximum Gasteiger partial charge on any atom is 0.330 e. The van der Waals surface area contributed by atoms with Gasteiger partial charge < -0.3 is 9.47 Å². The highest BCUT2D eigenvalue weighted by Gasteiger charge is 2.09. The van der Waals surface area contributed by atoms with Crippen molar-refractivity contribution in [2.24, 2.45) is 14.1 Å². The van der Waals surface area contributed by atoms with Gasteiger partial charge in [0.2, 0.25) is 5.91 Å². The molecule has 0 aliphatic rings. The Hall–Kier alpha value is -3.41. The highest BCUT2D eigenvalue weighted by atomic mass is 16.2. The molecule has 2 aromatic carbocycles. The minimum Gasteiger partial charge on any atom is -0.338 e. The van der Waals surface area contributed by atoms with Crippen molar-refractivity contribution in [1.29, 1.82) is 0 Å². The van der Waals surface area contributed by atoms with Gasteiger partial charge >= 0.3 is 5.69 Å². The molecule has 0 aliphatic carbocycles. The molecule has 0 bridgehead atoms. The second-order valence-electron chi connectivity index (χ2n) is 6.51. The van der Waals surface area contributed by atoms with E-state index in [0.29, 0.717) is 6.54 Å². The molecule has 0 unspecified atom stereocenters. The number of likely N-dealkylation sites (N-methyl/N-ethyl adjacent to an activating group) is 1. The zero-order valence-corrected chi connectivity index (χ0v) is 15.5. The molecule has 0 saturated heterocycles. The predicted molar refractivity (Wildman–Crippen MR) is 106 cm³/mol. The zero-order chi connectivity index (χ0) is 19.6. The smallest absolute Gasteiger partial charge is 0.330 e. The third-order valence-electron chi connectivity index (χ3n) is 4.54. The van der Waals surface area contributed by atoms with Gasteiger partial charge in [0.15, 0.2) is 0 Å². The molecular weight excluding hydrogens is 342 g/mol. The Morgan fingerprint density at radius 3 is 2.56 bits per heavy atom. The summed E-state index contributed by atoms with van der Waals surface area (Å²) in [6.07, 6.45) is 4.23. The maximum absolute atomic E-state index is 12.5. The third kappa shape index (κ3) is 3.74. The molecule has 0 atom stereocenters. The zero-order valence-electron chi connectivity index (χ0n) is 15.5. The monoisotopic (exact) mass is 363 g/mol. The summed E-state index contributed by atoms with van der Waals surface area (Å²) >= 11 is 0. The Labute approximate surface area is 156 Å². The van der Waals surface area contributed by atoms with Gasteiger partial charge in [0.05, 0.1) is 5.56 Å². The third-order valence-corrected chi connectivity index (χ3v) is 4.54. The molecule has 1 amide bonds. The van der Waals surface area contributed by atoms with Crippen LogP contribution < -0.4 is 11.2 Å². The van der Waals surface area contributed by atoms with Crippen molar-refractivity contribution in [3.05, 3.63) is 86.7 Å². The van der Waals surface area contributed by atoms with Gasteiger partial charge in [0.25, 0.3) is 5.56 Å². The van der Waals surface area contributed by atoms with E-state index in [1.165, 1.54) is 30.0 Å². The second-order valence-corrected chi connectivity index (χ2v) is 6.51. The fourth-order valence-electron chi connectivity index (χ4n) is 3.00. The Kier molecular flexibility index (Phi) is 5.07. The topological polar surface area (TPSA) is 64.3 Å². The van der Waals surface area contributed by atoms with E-state index in [0.717, 1.165) is 20.9 Å². The number of hydrogen-bond donors (Lipinski definition) is 0. The number of carbonyl (C=O) groups excluding carboxylic acids is 1. The van der Waals surface area contributed by atoms with E-state index < -0.39 is 11.2 Å². The second kappa shape index (κ2) is 7.45. The molecule has 0 N–H and O–H groups in total. The average Bonchev–Trinajstić information content (AvgIpc) is 2.68. The van der Waals surface area contributed by atoms with Crippen molar-refractivity contribution in [2.75, 3.05) is 7.05 Å². The first-order valence-electron chi connectivity index (χ1n) is 8.55. The summed E-state index contributed by atoms with van der Waals surface area (Å²) in [6, 6.07) is 14.0. The van der Waals surface area contributed by atoms with Crippen LogP contribution >= 0.6 is 0 Å². The van der Waals surface area contributed by atoms with Crippen LogP contribution in [0.25, 0.3) is 16.8 Å². The van der Waals surface area contributed by atoms with E-state index in [1.807, 2.05) is 42.5 Å². The Morgan fingerprint density at radius 1 is 1.07 bits per heavy atom. The van der Waals surface area contributed by atoms with Gasteiger partial charge in [0, 0.05) is 40.0 Å². The van der Waals surface area contributed by atoms with Crippen LogP contribution in [0.3, 0.4) is 0 Å². The number of nitrogens with zero attached hydrogens (tertiary/aromatic N) is 3. The number of hydrogen-bond acceptors (Lipinski definition) is 3. The molecule has 1 heterocycles. The van der Waals surface area contributed by atoms with Crippen LogP contribution in [0.4, 0.5) is 0 Å². The van der Waals surface area contributed by atoms with Gasteiger partial charge in [-0.15, -0.1) is 0 Å². The molecule has 27 heavy (non-hydrogen) atoms. The highest BCUT2D eigenvalue weighted by molar-refractivity contribution is 5.92. The highest BCUT2D eigenvalue weighted by Crippen LogP contribution is 2.19. The van der Waals surface area contributed by atoms with Crippen molar-refractivity contribution < 1.29 is 4.79 Å². The number of fused-ring (bicyclic) bond motifs is 1. The van der Waals surface area contributed by atoms with Gasteiger partial charge in [0.1, 0.15) is 0 Å². The Balaban J connectivity index is 1.81. The summed E-state index contributed by atoms with van der Waals surface area (Å²) in [5.74, 6) is -0.223. The summed E-state index contributed by atoms with van der Waals surface area (Å²) in [4.78, 5) is 37.9. The summed E-state index contributed by atoms with van der Waals surface area (Å²) in [6.45, 7) is 0.454. The quantitative estimate of drug-likeness (QED) is 0.665. The van der Waals surface area contributed by atoms with Gasteiger partial charge in [-0.05, 0) is 22.4 Å². The molecular formula is C21H21N3O3. The number of rotatable bonds is 4. The van der Waals surface area contributed by atoms with Crippen LogP contribution in [0, 0.1) is 0 Å². The first-order valence-corrected chi connectivity index (χ1v) is 8.55. The van der Waals surface area contributed by atoms with E-state index in [2.05, 4.69) is 0 Å². The predicted octanol–water partition coefficient (Wildman–Crippen LogP) is 1.91. The molecule has 0 saturated carbocycles. The van der Waals surface area contributed by atoms with E-state index in [4.69, 9.17) is 0 Å². The molecule has 3 aromatic rings. The standard InChI is InChI=1S/C21H21N3O3/c1-22(13-16-9-6-8-15-7-4-5-10-18(15)16)19(25)12-11-17-14-23(2)21(27)24(3)20(17)26/h4-12,14H,13H2,1-3H3/b12-11+. The summed E-state index contributed by atoms with van der Waals surface area (Å²) < 4.78 is 2.33. The molecule has 0 radical (unpaired) electrons. The SMILES string of the molecule is CN(Cc1cccc2ccccc12)C(=O)/C=C/c1cn(C)c(=O)n(C)c1=O. The Morgan fingerprint density at radius 2 is 1.78 bits per heavy atom. The maximum atomic E-state index is 12.5. The minimum absolute atomic E-state index is 0.223. The number of benzene rings is 2. The molecule has 0 aliphatic heterocycles. The van der Waals surface area contributed by atoms with Crippen LogP contribution in [0.15, 0.2) is 64.3 Å². The van der Waals surface area contributed by atoms with Crippen LogP contribution in [0.1, 0.15) is 11.1 Å². The minimum atomic E-state index is -0.432. The Bertz CT molecular complexity index is 1150. The molecule has 1 aromatic heterocycles. The van der Waals surface area contributed by atoms with E-state index >= 15 is 0 Å². The van der Waals surface area contributed by atoms with Crippen molar-refractivity contribution in [3.63, 3.8) is 0 Å². The molecule has 138 valence electrons. The number of amides is 1. The molecule has 6 heteroatoms. The van der Waals surface area contributed by atoms with Crippen molar-refractivity contribution >= 4 is 22.8 Å². The van der Waals surface area contributed by atoms with Gasteiger partial charge in [-0.25, -0.2) is 4.79 Å². The first kappa shape index (κ1) is 18.4. The number of aromatic nitrogens is 2. The fraction of sp³-hybridized carbons (Fsp3) is 0.190. The van der Waals surface area contributed by atoms with E-state index in [1.54, 1.807) is 19.0 Å². The van der Waals surface area contributed by atoms with E-state index in [9.17, 15) is 14.4 Å². The van der Waals surface area contributed by atoms with Crippen LogP contribution in [-0.4, -0.2) is 27.0 Å². The molecule has 0 fully saturated rings. The lowest BCUT2D eigenvalue weighted by Crippen LogP contribution is -2.37. The van der Waals surface area contributed by atoms with Crippen LogP contribution in [0.2, 0.25) is 0 Å². The van der Waals surface area contributed by atoms with Crippen LogP contribution in [0.5, 0.6) is 0 Å². The summed E-state index contributed by atoms with van der Waals surface area (Å²) in [5.41, 5.74) is 0.497. The van der Waals surface area contributed by atoms with Gasteiger partial charge in [-0.1, -0.05) is 42.5 Å². The fourth-order valence-corrected chi connectivity index (χ4v) is 3.00. The summed E-state index contributed by atoms with van der Waals surface area (Å²) in [5, 5.41) is 2.23. The van der Waals surface area contributed by atoms with Crippen molar-refractivity contribution in [1.82, 2.24) is 14.0 Å². The first-order chi connectivity index (χ1) is 12.9. The number of carbonyl (C=O) groups is 1. The lowest BCUT2D eigenvalue weighted by Gasteiger charge is -2.16. The van der Waals surface area contributed by atoms with Gasteiger partial charge in [-0.2, -0.15) is 0 Å². The molecule has 0 spiro atoms. The van der Waals surface area contributed by atoms with Crippen LogP contribution in [-0.2, 0) is 25.4 Å². The van der Waals surface area contributed by atoms with E-state index in [-0.39, 0.29) is 11.5 Å².